The molecule has 2 unspecified atom stereocenters. The maximum Gasteiger partial charge on any atom is 0.0830 e. The van der Waals surface area contributed by atoms with Gasteiger partial charge in [0.2, 0.25) is 0 Å². The van der Waals surface area contributed by atoms with Gasteiger partial charge in [-0.25, -0.2) is 0 Å². The first-order valence-electron chi connectivity index (χ1n) is 7.81. The molecule has 120 valence electrons. The zero-order chi connectivity index (χ0) is 15.6. The van der Waals surface area contributed by atoms with Gasteiger partial charge in [0.1, 0.15) is 0 Å². The van der Waals surface area contributed by atoms with Crippen molar-refractivity contribution in [1.29, 1.82) is 0 Å². The molecule has 0 radical (unpaired) electrons. The number of rotatable bonds is 7. The number of hydrogen-bond acceptors (Lipinski definition) is 4. The quantitative estimate of drug-likeness (QED) is 0.781. The van der Waals surface area contributed by atoms with E-state index < -0.39 is 0 Å². The van der Waals surface area contributed by atoms with E-state index in [1.165, 1.54) is 0 Å². The molecule has 4 heteroatoms. The van der Waals surface area contributed by atoms with Crippen LogP contribution in [0.5, 0.6) is 0 Å². The average molecular weight is 286 g/mol. The van der Waals surface area contributed by atoms with Gasteiger partial charge in [-0.05, 0) is 47.5 Å². The van der Waals surface area contributed by atoms with E-state index in [2.05, 4.69) is 46.4 Å². The summed E-state index contributed by atoms with van der Waals surface area (Å²) in [6, 6.07) is 0.463. The fourth-order valence-electron chi connectivity index (χ4n) is 3.89. The lowest BCUT2D eigenvalue weighted by Gasteiger charge is -2.50. The van der Waals surface area contributed by atoms with E-state index in [0.29, 0.717) is 12.6 Å². The summed E-state index contributed by atoms with van der Waals surface area (Å²) in [5.41, 5.74) is 5.73. The number of methoxy groups -OCH3 is 1. The third-order valence-electron chi connectivity index (χ3n) is 4.92. The first kappa shape index (κ1) is 17.9. The summed E-state index contributed by atoms with van der Waals surface area (Å²) < 4.78 is 11.6. The number of ether oxygens (including phenoxy) is 2. The molecule has 0 aliphatic carbocycles. The summed E-state index contributed by atoms with van der Waals surface area (Å²) in [7, 11) is 1.75. The highest BCUT2D eigenvalue weighted by Gasteiger charge is 2.59. The van der Waals surface area contributed by atoms with Gasteiger partial charge >= 0.3 is 0 Å². The Morgan fingerprint density at radius 2 is 1.90 bits per heavy atom. The molecule has 1 rings (SSSR count). The summed E-state index contributed by atoms with van der Waals surface area (Å²) in [5.74, 6) is 0. The lowest BCUT2D eigenvalue weighted by atomic mass is 9.76. The first-order valence-corrected chi connectivity index (χ1v) is 7.81. The van der Waals surface area contributed by atoms with E-state index in [1.54, 1.807) is 7.11 Å². The van der Waals surface area contributed by atoms with Gasteiger partial charge in [-0.2, -0.15) is 0 Å². The van der Waals surface area contributed by atoms with Crippen LogP contribution >= 0.6 is 0 Å². The van der Waals surface area contributed by atoms with Crippen molar-refractivity contribution in [3.63, 3.8) is 0 Å². The molecule has 4 nitrogen and oxygen atoms in total. The Hall–Kier alpha value is -0.160. The Bertz CT molecular complexity index is 318. The second-order valence-corrected chi connectivity index (χ2v) is 7.23. The molecule has 0 amide bonds. The van der Waals surface area contributed by atoms with E-state index in [1.807, 2.05) is 0 Å². The van der Waals surface area contributed by atoms with Crippen molar-refractivity contribution < 1.29 is 9.47 Å². The Kier molecular flexibility index (Phi) is 5.64. The molecular formula is C16H34N2O2. The lowest BCUT2D eigenvalue weighted by molar-refractivity contribution is -0.113. The molecule has 0 aromatic rings. The molecule has 1 heterocycles. The highest BCUT2D eigenvalue weighted by Crippen LogP contribution is 2.48. The molecule has 2 N–H and O–H groups in total. The van der Waals surface area contributed by atoms with Crippen LogP contribution in [0.2, 0.25) is 0 Å². The smallest absolute Gasteiger partial charge is 0.0830 e. The zero-order valence-corrected chi connectivity index (χ0v) is 14.5. The van der Waals surface area contributed by atoms with Crippen LogP contribution in [-0.4, -0.2) is 54.5 Å². The van der Waals surface area contributed by atoms with Crippen LogP contribution in [-0.2, 0) is 9.47 Å². The summed E-state index contributed by atoms with van der Waals surface area (Å²) >= 11 is 0. The minimum atomic E-state index is -0.261. The topological polar surface area (TPSA) is 47.7 Å². The Morgan fingerprint density at radius 3 is 2.25 bits per heavy atom. The maximum atomic E-state index is 6.34. The molecule has 1 saturated heterocycles. The van der Waals surface area contributed by atoms with Crippen molar-refractivity contribution in [3.8, 4) is 0 Å². The summed E-state index contributed by atoms with van der Waals surface area (Å²) in [6.07, 6.45) is 2.06. The largest absolute Gasteiger partial charge is 0.383 e. The molecule has 2 atom stereocenters. The number of nitrogens with two attached hydrogens (primary N) is 1. The molecule has 20 heavy (non-hydrogen) atoms. The Morgan fingerprint density at radius 1 is 1.30 bits per heavy atom. The van der Waals surface area contributed by atoms with E-state index in [4.69, 9.17) is 15.2 Å². The first-order chi connectivity index (χ1) is 9.15. The molecular weight excluding hydrogens is 252 g/mol. The van der Waals surface area contributed by atoms with Crippen LogP contribution in [0.1, 0.15) is 54.4 Å². The SMILES string of the molecule is CCC(C)N(CCOC)C1(CN)CC(C)(C)OC1(C)C. The predicted octanol–water partition coefficient (Wildman–Crippen LogP) is 2.41. The van der Waals surface area contributed by atoms with Crippen molar-refractivity contribution in [2.24, 2.45) is 5.73 Å². The van der Waals surface area contributed by atoms with Gasteiger partial charge in [0.15, 0.2) is 0 Å². The number of nitrogens with zero attached hydrogens (tertiary/aromatic N) is 1. The fraction of sp³-hybridized carbons (Fsp3) is 1.00. The molecule has 0 aromatic heterocycles. The van der Waals surface area contributed by atoms with E-state index in [-0.39, 0.29) is 16.7 Å². The van der Waals surface area contributed by atoms with Crippen molar-refractivity contribution in [2.75, 3.05) is 26.8 Å². The van der Waals surface area contributed by atoms with Crippen LogP contribution < -0.4 is 5.73 Å². The highest BCUT2D eigenvalue weighted by molar-refractivity contribution is 5.14. The van der Waals surface area contributed by atoms with Crippen LogP contribution in [0.15, 0.2) is 0 Å². The third-order valence-corrected chi connectivity index (χ3v) is 4.92. The van der Waals surface area contributed by atoms with E-state index >= 15 is 0 Å². The van der Waals surface area contributed by atoms with Gasteiger partial charge in [-0.3, -0.25) is 4.90 Å². The molecule has 0 spiro atoms. The van der Waals surface area contributed by atoms with Gasteiger partial charge < -0.3 is 15.2 Å². The van der Waals surface area contributed by atoms with E-state index in [9.17, 15) is 0 Å². The highest BCUT2D eigenvalue weighted by atomic mass is 16.5. The second kappa shape index (κ2) is 6.30. The summed E-state index contributed by atoms with van der Waals surface area (Å²) in [5, 5.41) is 0. The van der Waals surface area contributed by atoms with Crippen LogP contribution in [0.4, 0.5) is 0 Å². The van der Waals surface area contributed by atoms with Crippen molar-refractivity contribution in [1.82, 2.24) is 4.90 Å². The maximum absolute atomic E-state index is 6.34. The third kappa shape index (κ3) is 3.19. The Labute approximate surface area is 125 Å². The lowest BCUT2D eigenvalue weighted by Crippen LogP contribution is -2.66. The standard InChI is InChI=1S/C16H34N2O2/c1-8-13(2)18(9-10-19-7)16(12-17)11-14(3,4)20-15(16,5)6/h13H,8-12,17H2,1-7H3. The second-order valence-electron chi connectivity index (χ2n) is 7.23. The van der Waals surface area contributed by atoms with Crippen LogP contribution in [0.3, 0.4) is 0 Å². The monoisotopic (exact) mass is 286 g/mol. The fourth-order valence-corrected chi connectivity index (χ4v) is 3.89. The van der Waals surface area contributed by atoms with Crippen LogP contribution in [0.25, 0.3) is 0 Å². The van der Waals surface area contributed by atoms with Crippen molar-refractivity contribution in [3.05, 3.63) is 0 Å². The zero-order valence-electron chi connectivity index (χ0n) is 14.5. The average Bonchev–Trinajstić information content (AvgIpc) is 2.54. The van der Waals surface area contributed by atoms with E-state index in [0.717, 1.165) is 26.0 Å². The van der Waals surface area contributed by atoms with Gasteiger partial charge in [0, 0.05) is 26.2 Å². The van der Waals surface area contributed by atoms with Crippen molar-refractivity contribution >= 4 is 0 Å². The van der Waals surface area contributed by atoms with Gasteiger partial charge in [0.25, 0.3) is 0 Å². The summed E-state index contributed by atoms with van der Waals surface area (Å²) in [6.45, 7) is 15.4. The van der Waals surface area contributed by atoms with Gasteiger partial charge in [-0.1, -0.05) is 6.92 Å². The molecule has 1 aliphatic rings. The minimum Gasteiger partial charge on any atom is -0.383 e. The molecule has 1 aliphatic heterocycles. The van der Waals surface area contributed by atoms with Crippen molar-refractivity contribution in [2.45, 2.75) is 77.2 Å². The Balaban J connectivity index is 3.16. The number of hydrogen-bond donors (Lipinski definition) is 1. The summed E-state index contributed by atoms with van der Waals surface area (Å²) in [4.78, 5) is 2.52. The van der Waals surface area contributed by atoms with Crippen LogP contribution in [0, 0.1) is 0 Å². The van der Waals surface area contributed by atoms with Gasteiger partial charge in [-0.15, -0.1) is 0 Å². The minimum absolute atomic E-state index is 0.134. The predicted molar refractivity (Wildman–Crippen MR) is 84.0 cm³/mol. The normalized spacial score (nSPS) is 29.9. The molecule has 0 saturated carbocycles. The molecule has 1 fully saturated rings. The van der Waals surface area contributed by atoms with Gasteiger partial charge in [0.05, 0.1) is 23.3 Å². The molecule has 0 bridgehead atoms. The molecule has 0 aromatic carbocycles.